The molecule has 8 nitrogen and oxygen atoms in total. The Kier molecular flexibility index (Phi) is 6.56. The van der Waals surface area contributed by atoms with E-state index in [0.717, 1.165) is 74.4 Å². The molecule has 168 valence electrons. The lowest BCUT2D eigenvalue weighted by molar-refractivity contribution is -0.145. The van der Waals surface area contributed by atoms with Crippen molar-refractivity contribution in [2.45, 2.75) is 32.2 Å². The van der Waals surface area contributed by atoms with Gasteiger partial charge in [-0.2, -0.15) is 0 Å². The second kappa shape index (κ2) is 9.51. The van der Waals surface area contributed by atoms with Crippen molar-refractivity contribution in [1.29, 1.82) is 0 Å². The summed E-state index contributed by atoms with van der Waals surface area (Å²) in [6.45, 7) is 4.28. The van der Waals surface area contributed by atoms with E-state index in [1.807, 2.05) is 18.2 Å². The Morgan fingerprint density at radius 3 is 2.29 bits per heavy atom. The van der Waals surface area contributed by atoms with Crippen molar-refractivity contribution in [3.05, 3.63) is 35.4 Å². The number of piperazine rings is 1. The molecule has 0 amide bonds. The van der Waals surface area contributed by atoms with Gasteiger partial charge in [-0.3, -0.25) is 14.3 Å². The first-order valence-electron chi connectivity index (χ1n) is 11.0. The molecule has 8 heteroatoms. The maximum Gasteiger partial charge on any atom is 0.326 e. The minimum atomic E-state index is -0.453. The summed E-state index contributed by atoms with van der Waals surface area (Å²) in [6, 6.07) is 8.02. The third-order valence-corrected chi connectivity index (χ3v) is 6.27. The normalized spacial score (nSPS) is 16.7. The van der Waals surface area contributed by atoms with E-state index in [0.29, 0.717) is 6.54 Å². The molecule has 2 aromatic rings. The SMILES string of the molecule is COc1ccccc1N1CCN(CCOC(=O)Cn2c(O)c3c(c2O)CCCC3)CC1. The van der Waals surface area contributed by atoms with Gasteiger partial charge in [0, 0.05) is 43.9 Å². The minimum Gasteiger partial charge on any atom is -0.495 e. The van der Waals surface area contributed by atoms with E-state index < -0.39 is 5.97 Å². The molecule has 4 rings (SSSR count). The average Bonchev–Trinajstić information content (AvgIpc) is 3.04. The van der Waals surface area contributed by atoms with Crippen LogP contribution in [0.2, 0.25) is 0 Å². The Balaban J connectivity index is 1.23. The number of nitrogens with zero attached hydrogens (tertiary/aromatic N) is 3. The number of methoxy groups -OCH3 is 1. The largest absolute Gasteiger partial charge is 0.495 e. The third kappa shape index (κ3) is 4.58. The van der Waals surface area contributed by atoms with E-state index in [-0.39, 0.29) is 24.9 Å². The smallest absolute Gasteiger partial charge is 0.326 e. The van der Waals surface area contributed by atoms with Crippen LogP contribution in [-0.4, -0.2) is 72.1 Å². The summed E-state index contributed by atoms with van der Waals surface area (Å²) in [5.41, 5.74) is 2.64. The first-order chi connectivity index (χ1) is 15.1. The van der Waals surface area contributed by atoms with Crippen molar-refractivity contribution in [2.24, 2.45) is 0 Å². The molecule has 2 heterocycles. The molecule has 1 aromatic heterocycles. The quantitative estimate of drug-likeness (QED) is 0.652. The number of esters is 1. The average molecular weight is 430 g/mol. The maximum atomic E-state index is 12.3. The number of rotatable bonds is 7. The van der Waals surface area contributed by atoms with Crippen LogP contribution < -0.4 is 9.64 Å². The fraction of sp³-hybridized carbons (Fsp3) is 0.522. The van der Waals surface area contributed by atoms with Crippen LogP contribution in [0.15, 0.2) is 24.3 Å². The molecule has 1 aliphatic carbocycles. The van der Waals surface area contributed by atoms with Gasteiger partial charge in [0.15, 0.2) is 11.8 Å². The van der Waals surface area contributed by atoms with Crippen LogP contribution in [0.1, 0.15) is 24.0 Å². The molecule has 31 heavy (non-hydrogen) atoms. The van der Waals surface area contributed by atoms with E-state index in [1.54, 1.807) is 7.11 Å². The number of aromatic nitrogens is 1. The fourth-order valence-electron chi connectivity index (χ4n) is 4.54. The van der Waals surface area contributed by atoms with E-state index in [2.05, 4.69) is 15.9 Å². The Hall–Kier alpha value is -2.87. The van der Waals surface area contributed by atoms with Gasteiger partial charge in [-0.05, 0) is 37.8 Å². The zero-order valence-corrected chi connectivity index (χ0v) is 18.0. The molecule has 0 unspecified atom stereocenters. The van der Waals surface area contributed by atoms with Crippen LogP contribution in [0.4, 0.5) is 5.69 Å². The lowest BCUT2D eigenvalue weighted by atomic mass is 9.95. The number of anilines is 1. The van der Waals surface area contributed by atoms with Crippen LogP contribution in [0, 0.1) is 0 Å². The van der Waals surface area contributed by atoms with Crippen molar-refractivity contribution in [2.75, 3.05) is 51.3 Å². The number of para-hydroxylation sites is 2. The summed E-state index contributed by atoms with van der Waals surface area (Å²) in [5.74, 6) is 0.418. The van der Waals surface area contributed by atoms with E-state index >= 15 is 0 Å². The molecule has 2 aliphatic rings. The van der Waals surface area contributed by atoms with Gasteiger partial charge in [0.05, 0.1) is 12.8 Å². The Labute approximate surface area is 182 Å². The number of carbonyl (C=O) groups excluding carboxylic acids is 1. The predicted octanol–water partition coefficient (Wildman–Crippen LogP) is 2.15. The Morgan fingerprint density at radius 2 is 1.65 bits per heavy atom. The summed E-state index contributed by atoms with van der Waals surface area (Å²) >= 11 is 0. The molecule has 0 radical (unpaired) electrons. The van der Waals surface area contributed by atoms with Gasteiger partial charge in [-0.1, -0.05) is 12.1 Å². The second-order valence-electron chi connectivity index (χ2n) is 8.12. The van der Waals surface area contributed by atoms with Crippen LogP contribution in [-0.2, 0) is 28.9 Å². The van der Waals surface area contributed by atoms with Gasteiger partial charge in [-0.25, -0.2) is 0 Å². The Bertz CT molecular complexity index is 889. The highest BCUT2D eigenvalue weighted by molar-refractivity contribution is 5.70. The highest BCUT2D eigenvalue weighted by atomic mass is 16.5. The van der Waals surface area contributed by atoms with Gasteiger partial charge < -0.3 is 24.6 Å². The lowest BCUT2D eigenvalue weighted by Gasteiger charge is -2.36. The number of benzene rings is 1. The summed E-state index contributed by atoms with van der Waals surface area (Å²) < 4.78 is 12.1. The molecule has 1 aromatic carbocycles. The molecule has 1 fully saturated rings. The van der Waals surface area contributed by atoms with Crippen LogP contribution in [0.25, 0.3) is 0 Å². The highest BCUT2D eigenvalue weighted by Crippen LogP contribution is 2.38. The summed E-state index contributed by atoms with van der Waals surface area (Å²) in [6.07, 6.45) is 3.44. The van der Waals surface area contributed by atoms with E-state index in [9.17, 15) is 15.0 Å². The zero-order valence-electron chi connectivity index (χ0n) is 18.0. The molecule has 2 N–H and O–H groups in total. The van der Waals surface area contributed by atoms with Crippen LogP contribution >= 0.6 is 0 Å². The van der Waals surface area contributed by atoms with Crippen LogP contribution in [0.5, 0.6) is 17.5 Å². The second-order valence-corrected chi connectivity index (χ2v) is 8.12. The standard InChI is InChI=1S/C23H31N3O5/c1-30-20-9-5-4-8-19(20)25-12-10-24(11-13-25)14-15-31-21(27)16-26-22(28)17-6-2-3-7-18(17)23(26)29/h4-5,8-9,28-29H,2-3,6-7,10-16H2,1H3. The third-order valence-electron chi connectivity index (χ3n) is 6.27. The van der Waals surface area contributed by atoms with E-state index in [4.69, 9.17) is 9.47 Å². The van der Waals surface area contributed by atoms with Gasteiger partial charge in [0.2, 0.25) is 0 Å². The van der Waals surface area contributed by atoms with Crippen LogP contribution in [0.3, 0.4) is 0 Å². The number of fused-ring (bicyclic) bond motifs is 1. The molecule has 0 spiro atoms. The van der Waals surface area contributed by atoms with Crippen molar-refractivity contribution >= 4 is 11.7 Å². The Morgan fingerprint density at radius 1 is 1.00 bits per heavy atom. The molecule has 0 saturated carbocycles. The molecule has 0 atom stereocenters. The van der Waals surface area contributed by atoms with Gasteiger partial charge in [0.1, 0.15) is 18.9 Å². The molecular formula is C23H31N3O5. The number of aromatic hydroxyl groups is 2. The molecule has 1 saturated heterocycles. The van der Waals surface area contributed by atoms with Gasteiger partial charge >= 0.3 is 5.97 Å². The summed E-state index contributed by atoms with van der Waals surface area (Å²) in [7, 11) is 1.69. The summed E-state index contributed by atoms with van der Waals surface area (Å²) in [5, 5.41) is 20.7. The van der Waals surface area contributed by atoms with Crippen molar-refractivity contribution in [3.63, 3.8) is 0 Å². The molecule has 1 aliphatic heterocycles. The minimum absolute atomic E-state index is 0.00314. The first kappa shape index (κ1) is 21.4. The molecular weight excluding hydrogens is 398 g/mol. The maximum absolute atomic E-state index is 12.3. The van der Waals surface area contributed by atoms with Gasteiger partial charge in [0.25, 0.3) is 0 Å². The van der Waals surface area contributed by atoms with E-state index in [1.165, 1.54) is 4.57 Å². The van der Waals surface area contributed by atoms with Crippen molar-refractivity contribution in [1.82, 2.24) is 9.47 Å². The zero-order chi connectivity index (χ0) is 21.8. The fourth-order valence-corrected chi connectivity index (χ4v) is 4.54. The topological polar surface area (TPSA) is 87.4 Å². The number of hydrogen-bond acceptors (Lipinski definition) is 7. The number of ether oxygens (including phenoxy) is 2. The molecule has 0 bridgehead atoms. The van der Waals surface area contributed by atoms with Crippen molar-refractivity contribution in [3.8, 4) is 17.5 Å². The van der Waals surface area contributed by atoms with Gasteiger partial charge in [-0.15, -0.1) is 0 Å². The van der Waals surface area contributed by atoms with Crippen molar-refractivity contribution < 1.29 is 24.5 Å². The number of carbonyl (C=O) groups is 1. The monoisotopic (exact) mass is 429 g/mol. The number of hydrogen-bond donors (Lipinski definition) is 2. The predicted molar refractivity (Wildman–Crippen MR) is 117 cm³/mol. The first-order valence-corrected chi connectivity index (χ1v) is 11.0. The summed E-state index contributed by atoms with van der Waals surface area (Å²) in [4.78, 5) is 16.8. The lowest BCUT2D eigenvalue weighted by Crippen LogP contribution is -2.47. The highest BCUT2D eigenvalue weighted by Gasteiger charge is 2.26.